The molecule has 326 valence electrons. The normalized spacial score (nSPS) is 32.0. The molecule has 0 saturated heterocycles. The number of hydrogen-bond acceptors (Lipinski definition) is 7. The van der Waals surface area contributed by atoms with E-state index in [4.69, 9.17) is 9.47 Å². The van der Waals surface area contributed by atoms with E-state index in [-0.39, 0.29) is 0 Å². The highest BCUT2D eigenvalue weighted by atomic mass is 16.7. The van der Waals surface area contributed by atoms with Crippen molar-refractivity contribution in [2.24, 2.45) is 34.5 Å². The van der Waals surface area contributed by atoms with Crippen LogP contribution in [0.25, 0.3) is 0 Å². The third-order valence-corrected chi connectivity index (χ3v) is 17.4. The van der Waals surface area contributed by atoms with Crippen LogP contribution in [-0.2, 0) is 43.5 Å². The summed E-state index contributed by atoms with van der Waals surface area (Å²) in [5, 5.41) is 18.1. The minimum atomic E-state index is 0.325. The standard InChI is InChI=1S/C28H38N2O2.C26H34N2O/c1-4-19-15-24-20(16-26(19)32-18-31-3)8-9-23-22(24)12-13-28(2)25(23)10-11-27(28)30-17-21-7-5-6-14-29-21;1-3-17-14-22-18(15-24(17)29)7-8-21-20(22)11-12-26(2)23(21)9-10-25(26)28-16-19-6-4-5-13-27-19/h5-7,14-16,22-23,25,27,30H,4,8-13,17-18H2,1-3H3;4-6,13-15,20-21,23,25,28-29H,3,7-12,16H2,1-2H3/t22?,23?,25?,27-,28-;20?,21?,23?,25-,26-/m00/s1. The average molecular weight is 825 g/mol. The van der Waals surface area contributed by atoms with Gasteiger partial charge in [-0.25, -0.2) is 0 Å². The first kappa shape index (κ1) is 42.5. The van der Waals surface area contributed by atoms with Crippen molar-refractivity contribution in [2.75, 3.05) is 13.9 Å². The smallest absolute Gasteiger partial charge is 0.188 e. The molecule has 4 saturated carbocycles. The third kappa shape index (κ3) is 8.17. The van der Waals surface area contributed by atoms with E-state index in [1.54, 1.807) is 18.2 Å². The van der Waals surface area contributed by atoms with E-state index in [2.05, 4.69) is 96.8 Å². The summed E-state index contributed by atoms with van der Waals surface area (Å²) in [6, 6.07) is 22.8. The Morgan fingerprint density at radius 3 is 1.67 bits per heavy atom. The Balaban J connectivity index is 0.000000157. The molecule has 2 aromatic heterocycles. The Kier molecular flexibility index (Phi) is 12.6. The van der Waals surface area contributed by atoms with Crippen LogP contribution in [0.2, 0.25) is 0 Å². The molecule has 2 aromatic carbocycles. The molecule has 2 heterocycles. The van der Waals surface area contributed by atoms with Gasteiger partial charge in [-0.05, 0) is 206 Å². The second kappa shape index (κ2) is 18.1. The number of pyridine rings is 2. The number of rotatable bonds is 11. The number of hydrogen-bond donors (Lipinski definition) is 3. The zero-order valence-corrected chi connectivity index (χ0v) is 37.7. The Bertz CT molecular complexity index is 2110. The second-order valence-electron chi connectivity index (χ2n) is 20.2. The van der Waals surface area contributed by atoms with E-state index < -0.39 is 0 Å². The van der Waals surface area contributed by atoms with E-state index in [0.29, 0.717) is 47.3 Å². The van der Waals surface area contributed by atoms with Crippen molar-refractivity contribution in [3.8, 4) is 11.5 Å². The fourth-order valence-corrected chi connectivity index (χ4v) is 14.2. The highest BCUT2D eigenvalue weighted by molar-refractivity contribution is 5.47. The van der Waals surface area contributed by atoms with E-state index in [1.165, 1.54) is 87.3 Å². The first-order valence-electron chi connectivity index (χ1n) is 24.1. The second-order valence-corrected chi connectivity index (χ2v) is 20.2. The Morgan fingerprint density at radius 2 is 1.18 bits per heavy atom. The molecule has 0 aliphatic heterocycles. The first-order valence-corrected chi connectivity index (χ1v) is 24.1. The predicted octanol–water partition coefficient (Wildman–Crippen LogP) is 11.0. The summed E-state index contributed by atoms with van der Waals surface area (Å²) in [4.78, 5) is 9.02. The summed E-state index contributed by atoms with van der Waals surface area (Å²) >= 11 is 0. The number of phenolic OH excluding ortho intramolecular Hbond substituents is 1. The SMILES string of the molecule is CCc1cc2c(cc1O)CCC1C2CC[C@@]2(C)C1CC[C@@H]2NCc1ccccn1.CCc1cc2c(cc1OCOC)CCC1C2CC[C@@]2(C)C1CC[C@@H]2NCc1ccccn1. The average Bonchev–Trinajstić information content (AvgIpc) is 3.82. The fraction of sp³-hybridized carbons (Fsp3) is 0.593. The molecule has 0 amide bonds. The van der Waals surface area contributed by atoms with Crippen molar-refractivity contribution < 1.29 is 14.6 Å². The molecular formula is C54H72N4O3. The van der Waals surface area contributed by atoms with Gasteiger partial charge >= 0.3 is 0 Å². The van der Waals surface area contributed by atoms with Crippen molar-refractivity contribution in [3.63, 3.8) is 0 Å². The van der Waals surface area contributed by atoms with Crippen molar-refractivity contribution in [1.82, 2.24) is 20.6 Å². The lowest BCUT2D eigenvalue weighted by molar-refractivity contribution is 0.0400. The lowest BCUT2D eigenvalue weighted by atomic mass is 9.55. The molecule has 4 fully saturated rings. The number of phenols is 1. The molecule has 0 bridgehead atoms. The molecule has 6 aliphatic rings. The maximum atomic E-state index is 10.3. The number of nitrogens with zero attached hydrogens (tertiary/aromatic N) is 2. The molecule has 10 atom stereocenters. The minimum Gasteiger partial charge on any atom is -0.508 e. The largest absolute Gasteiger partial charge is 0.508 e. The zero-order valence-electron chi connectivity index (χ0n) is 37.7. The number of aromatic hydroxyl groups is 1. The number of benzene rings is 2. The van der Waals surface area contributed by atoms with Crippen molar-refractivity contribution in [3.05, 3.63) is 118 Å². The summed E-state index contributed by atoms with van der Waals surface area (Å²) in [7, 11) is 1.69. The summed E-state index contributed by atoms with van der Waals surface area (Å²) in [6.07, 6.45) is 21.2. The summed E-state index contributed by atoms with van der Waals surface area (Å²) in [5.41, 5.74) is 11.7. The Labute approximate surface area is 366 Å². The third-order valence-electron chi connectivity index (χ3n) is 17.4. The van der Waals surface area contributed by atoms with Gasteiger partial charge in [0.1, 0.15) is 11.5 Å². The highest BCUT2D eigenvalue weighted by Crippen LogP contribution is 2.62. The predicted molar refractivity (Wildman–Crippen MR) is 245 cm³/mol. The fourth-order valence-electron chi connectivity index (χ4n) is 14.2. The number of ether oxygens (including phenoxy) is 2. The van der Waals surface area contributed by atoms with E-state index >= 15 is 0 Å². The van der Waals surface area contributed by atoms with Crippen LogP contribution in [0, 0.1) is 34.5 Å². The molecule has 3 N–H and O–H groups in total. The van der Waals surface area contributed by atoms with Crippen LogP contribution in [0.5, 0.6) is 11.5 Å². The van der Waals surface area contributed by atoms with Gasteiger partial charge in [-0.2, -0.15) is 0 Å². The lowest BCUT2D eigenvalue weighted by Crippen LogP contribution is -2.48. The maximum Gasteiger partial charge on any atom is 0.188 e. The number of aromatic nitrogens is 2. The van der Waals surface area contributed by atoms with Crippen molar-refractivity contribution in [1.29, 1.82) is 0 Å². The van der Waals surface area contributed by atoms with Crippen LogP contribution in [0.4, 0.5) is 0 Å². The van der Waals surface area contributed by atoms with Crippen LogP contribution in [0.3, 0.4) is 0 Å². The van der Waals surface area contributed by atoms with Gasteiger partial charge in [-0.3, -0.25) is 9.97 Å². The van der Waals surface area contributed by atoms with E-state index in [1.807, 2.05) is 24.5 Å². The molecule has 7 nitrogen and oxygen atoms in total. The summed E-state index contributed by atoms with van der Waals surface area (Å²) in [6.45, 7) is 11.6. The molecule has 0 radical (unpaired) electrons. The van der Waals surface area contributed by atoms with Crippen LogP contribution in [0.1, 0.15) is 149 Å². The van der Waals surface area contributed by atoms with Gasteiger partial charge in [0, 0.05) is 44.7 Å². The quantitative estimate of drug-likeness (QED) is 0.130. The van der Waals surface area contributed by atoms with Gasteiger partial charge in [0.25, 0.3) is 0 Å². The van der Waals surface area contributed by atoms with Gasteiger partial charge in [-0.1, -0.05) is 52.0 Å². The number of aryl methyl sites for hydroxylation is 4. The molecule has 10 rings (SSSR count). The van der Waals surface area contributed by atoms with Gasteiger partial charge in [0.2, 0.25) is 0 Å². The van der Waals surface area contributed by atoms with Gasteiger partial charge in [0.15, 0.2) is 6.79 Å². The summed E-state index contributed by atoms with van der Waals surface area (Å²) in [5.74, 6) is 6.19. The van der Waals surface area contributed by atoms with Crippen molar-refractivity contribution in [2.45, 2.75) is 155 Å². The van der Waals surface area contributed by atoms with Gasteiger partial charge < -0.3 is 25.2 Å². The number of nitrogens with one attached hydrogen (secondary N) is 2. The van der Waals surface area contributed by atoms with Crippen LogP contribution in [-0.4, -0.2) is 41.1 Å². The molecule has 7 heteroatoms. The first-order chi connectivity index (χ1) is 29.7. The lowest BCUT2D eigenvalue weighted by Gasteiger charge is -2.51. The van der Waals surface area contributed by atoms with Crippen LogP contribution < -0.4 is 15.4 Å². The highest BCUT2D eigenvalue weighted by Gasteiger charge is 2.56. The van der Waals surface area contributed by atoms with E-state index in [9.17, 15) is 5.11 Å². The van der Waals surface area contributed by atoms with Crippen LogP contribution in [0.15, 0.2) is 73.1 Å². The summed E-state index contributed by atoms with van der Waals surface area (Å²) < 4.78 is 11.1. The Hall–Kier alpha value is -3.78. The number of methoxy groups -OCH3 is 1. The molecule has 6 aliphatic carbocycles. The zero-order chi connectivity index (χ0) is 42.1. The van der Waals surface area contributed by atoms with Gasteiger partial charge in [0.05, 0.1) is 11.4 Å². The van der Waals surface area contributed by atoms with Gasteiger partial charge in [-0.15, -0.1) is 0 Å². The molecule has 61 heavy (non-hydrogen) atoms. The minimum absolute atomic E-state index is 0.325. The monoisotopic (exact) mass is 825 g/mol. The number of fused-ring (bicyclic) bond motifs is 10. The maximum absolute atomic E-state index is 10.3. The van der Waals surface area contributed by atoms with Crippen LogP contribution >= 0.6 is 0 Å². The molecule has 4 aromatic rings. The van der Waals surface area contributed by atoms with Crippen molar-refractivity contribution >= 4 is 0 Å². The molecule has 6 unspecified atom stereocenters. The molecule has 0 spiro atoms. The van der Waals surface area contributed by atoms with E-state index in [0.717, 1.165) is 78.7 Å². The topological polar surface area (TPSA) is 88.5 Å². The Morgan fingerprint density at radius 1 is 0.656 bits per heavy atom. The molecular weight excluding hydrogens is 753 g/mol.